The molecule has 0 aliphatic rings. The number of hydrogen-bond donors (Lipinski definition) is 1. The van der Waals surface area contributed by atoms with Gasteiger partial charge >= 0.3 is 0 Å². The van der Waals surface area contributed by atoms with Crippen LogP contribution in [0, 0.1) is 11.3 Å². The minimum atomic E-state index is -0.301. The van der Waals surface area contributed by atoms with E-state index >= 15 is 0 Å². The van der Waals surface area contributed by atoms with E-state index in [1.54, 1.807) is 72.9 Å². The Bertz CT molecular complexity index is 1040. The van der Waals surface area contributed by atoms with Crippen LogP contribution in [0.4, 0.5) is 5.69 Å². The number of rotatable bonds is 6. The lowest BCUT2D eigenvalue weighted by atomic mass is 10.1. The van der Waals surface area contributed by atoms with Crippen molar-refractivity contribution >= 4 is 17.5 Å². The van der Waals surface area contributed by atoms with Crippen LogP contribution in [0.5, 0.6) is 0 Å². The van der Waals surface area contributed by atoms with Crippen molar-refractivity contribution in [1.29, 1.82) is 5.26 Å². The second-order valence-electron chi connectivity index (χ2n) is 6.56. The molecule has 2 amide bonds. The molecule has 6 nitrogen and oxygen atoms in total. The summed E-state index contributed by atoms with van der Waals surface area (Å²) in [6, 6.07) is 19.1. The zero-order valence-electron chi connectivity index (χ0n) is 16.0. The number of anilines is 1. The maximum absolute atomic E-state index is 12.6. The normalized spacial score (nSPS) is 10.1. The molecule has 29 heavy (non-hydrogen) atoms. The Balaban J connectivity index is 1.60. The van der Waals surface area contributed by atoms with Crippen molar-refractivity contribution in [3.05, 3.63) is 95.3 Å². The molecule has 1 aromatic heterocycles. The molecule has 6 heteroatoms. The van der Waals surface area contributed by atoms with Gasteiger partial charge in [-0.2, -0.15) is 5.26 Å². The van der Waals surface area contributed by atoms with Crippen molar-refractivity contribution in [2.24, 2.45) is 0 Å². The van der Waals surface area contributed by atoms with Crippen LogP contribution in [0.1, 0.15) is 31.8 Å². The molecule has 0 bridgehead atoms. The molecule has 0 atom stereocenters. The summed E-state index contributed by atoms with van der Waals surface area (Å²) in [5.74, 6) is -0.405. The van der Waals surface area contributed by atoms with Crippen LogP contribution in [-0.4, -0.2) is 35.3 Å². The summed E-state index contributed by atoms with van der Waals surface area (Å²) in [6.45, 7) is 0.584. The first-order valence-electron chi connectivity index (χ1n) is 9.13. The van der Waals surface area contributed by atoms with Crippen molar-refractivity contribution in [2.45, 2.75) is 6.42 Å². The second kappa shape index (κ2) is 9.29. The molecule has 0 spiro atoms. The SMILES string of the molecule is CN(CCc1ccncc1)C(=O)c1ccc(C(=O)Nc2cccc(C#N)c2)cc1. The van der Waals surface area contributed by atoms with E-state index in [1.165, 1.54) is 0 Å². The predicted octanol–water partition coefficient (Wildman–Crippen LogP) is 3.52. The third-order valence-electron chi connectivity index (χ3n) is 4.48. The molecule has 0 radical (unpaired) electrons. The summed E-state index contributed by atoms with van der Waals surface area (Å²) < 4.78 is 0. The highest BCUT2D eigenvalue weighted by Gasteiger charge is 2.13. The molecule has 0 aliphatic carbocycles. The van der Waals surface area contributed by atoms with E-state index in [0.29, 0.717) is 28.9 Å². The Labute approximate surface area is 169 Å². The molecule has 3 aromatic rings. The number of carbonyl (C=O) groups is 2. The maximum atomic E-state index is 12.6. The van der Waals surface area contributed by atoms with E-state index < -0.39 is 0 Å². The number of pyridine rings is 1. The van der Waals surface area contributed by atoms with Crippen molar-refractivity contribution in [2.75, 3.05) is 18.9 Å². The zero-order chi connectivity index (χ0) is 20.6. The van der Waals surface area contributed by atoms with Gasteiger partial charge in [-0.15, -0.1) is 0 Å². The molecule has 0 fully saturated rings. The third-order valence-corrected chi connectivity index (χ3v) is 4.48. The molecule has 0 saturated carbocycles. The van der Waals surface area contributed by atoms with Gasteiger partial charge in [-0.1, -0.05) is 6.07 Å². The van der Waals surface area contributed by atoms with Crippen LogP contribution in [0.15, 0.2) is 73.1 Å². The zero-order valence-corrected chi connectivity index (χ0v) is 16.0. The lowest BCUT2D eigenvalue weighted by Crippen LogP contribution is -2.28. The van der Waals surface area contributed by atoms with Crippen LogP contribution >= 0.6 is 0 Å². The maximum Gasteiger partial charge on any atom is 0.255 e. The number of nitrogens with zero attached hydrogens (tertiary/aromatic N) is 3. The standard InChI is InChI=1S/C23H20N4O2/c1-27(14-11-17-9-12-25-13-10-17)23(29)20-7-5-19(6-8-20)22(28)26-21-4-2-3-18(15-21)16-24/h2-10,12-13,15H,11,14H2,1H3,(H,26,28). The van der Waals surface area contributed by atoms with Crippen LogP contribution in [0.2, 0.25) is 0 Å². The Morgan fingerprint density at radius 2 is 1.72 bits per heavy atom. The molecule has 0 saturated heterocycles. The topological polar surface area (TPSA) is 86.1 Å². The summed E-state index contributed by atoms with van der Waals surface area (Å²) in [5.41, 5.74) is 3.09. The Hall–Kier alpha value is -3.98. The highest BCUT2D eigenvalue weighted by molar-refractivity contribution is 6.05. The Morgan fingerprint density at radius 3 is 2.41 bits per heavy atom. The smallest absolute Gasteiger partial charge is 0.255 e. The molecular formula is C23H20N4O2. The minimum absolute atomic E-state index is 0.104. The van der Waals surface area contributed by atoms with Gasteiger partial charge in [-0.05, 0) is 66.6 Å². The fourth-order valence-corrected chi connectivity index (χ4v) is 2.80. The van der Waals surface area contributed by atoms with Crippen molar-refractivity contribution in [3.8, 4) is 6.07 Å². The van der Waals surface area contributed by atoms with E-state index in [2.05, 4.69) is 10.3 Å². The van der Waals surface area contributed by atoms with Crippen LogP contribution in [0.25, 0.3) is 0 Å². The first kappa shape index (κ1) is 19.8. The average molecular weight is 384 g/mol. The Morgan fingerprint density at radius 1 is 1.03 bits per heavy atom. The summed E-state index contributed by atoms with van der Waals surface area (Å²) >= 11 is 0. The van der Waals surface area contributed by atoms with Crippen molar-refractivity contribution < 1.29 is 9.59 Å². The monoisotopic (exact) mass is 384 g/mol. The molecule has 0 aliphatic heterocycles. The van der Waals surface area contributed by atoms with E-state index in [4.69, 9.17) is 5.26 Å². The van der Waals surface area contributed by atoms with Crippen LogP contribution in [0.3, 0.4) is 0 Å². The third kappa shape index (κ3) is 5.27. The number of benzene rings is 2. The molecule has 0 unspecified atom stereocenters. The van der Waals surface area contributed by atoms with Crippen molar-refractivity contribution in [3.63, 3.8) is 0 Å². The van der Waals surface area contributed by atoms with Crippen molar-refractivity contribution in [1.82, 2.24) is 9.88 Å². The van der Waals surface area contributed by atoms with E-state index in [0.717, 1.165) is 12.0 Å². The molecule has 1 N–H and O–H groups in total. The molecule has 1 heterocycles. The summed E-state index contributed by atoms with van der Waals surface area (Å²) in [7, 11) is 1.76. The van der Waals surface area contributed by atoms with Gasteiger partial charge < -0.3 is 10.2 Å². The van der Waals surface area contributed by atoms with Gasteiger partial charge in [-0.3, -0.25) is 14.6 Å². The van der Waals surface area contributed by atoms with Gasteiger partial charge in [0.15, 0.2) is 0 Å². The fraction of sp³-hybridized carbons (Fsp3) is 0.130. The summed E-state index contributed by atoms with van der Waals surface area (Å²) in [5, 5.41) is 11.7. The summed E-state index contributed by atoms with van der Waals surface area (Å²) in [4.78, 5) is 30.6. The first-order chi connectivity index (χ1) is 14.1. The van der Waals surface area contributed by atoms with Crippen LogP contribution < -0.4 is 5.32 Å². The number of hydrogen-bond acceptors (Lipinski definition) is 4. The van der Waals surface area contributed by atoms with Gasteiger partial charge in [0.25, 0.3) is 11.8 Å². The highest BCUT2D eigenvalue weighted by atomic mass is 16.2. The lowest BCUT2D eigenvalue weighted by Gasteiger charge is -2.17. The van der Waals surface area contributed by atoms with Gasteiger partial charge in [0, 0.05) is 42.8 Å². The fourth-order valence-electron chi connectivity index (χ4n) is 2.80. The Kier molecular flexibility index (Phi) is 6.33. The van der Waals surface area contributed by atoms with Crippen LogP contribution in [-0.2, 0) is 6.42 Å². The van der Waals surface area contributed by atoms with E-state index in [-0.39, 0.29) is 11.8 Å². The van der Waals surface area contributed by atoms with E-state index in [1.807, 2.05) is 18.2 Å². The first-order valence-corrected chi connectivity index (χ1v) is 9.13. The van der Waals surface area contributed by atoms with Gasteiger partial charge in [0.2, 0.25) is 0 Å². The quantitative estimate of drug-likeness (QED) is 0.704. The predicted molar refractivity (Wildman–Crippen MR) is 110 cm³/mol. The van der Waals surface area contributed by atoms with Gasteiger partial charge in [0.1, 0.15) is 0 Å². The highest BCUT2D eigenvalue weighted by Crippen LogP contribution is 2.13. The molecule has 144 valence electrons. The number of aromatic nitrogens is 1. The number of nitrogens with one attached hydrogen (secondary N) is 1. The van der Waals surface area contributed by atoms with Gasteiger partial charge in [-0.25, -0.2) is 0 Å². The molecule has 3 rings (SSSR count). The number of amides is 2. The number of nitriles is 1. The summed E-state index contributed by atoms with van der Waals surface area (Å²) in [6.07, 6.45) is 4.21. The lowest BCUT2D eigenvalue weighted by molar-refractivity contribution is 0.0796. The molecule has 2 aromatic carbocycles. The van der Waals surface area contributed by atoms with Gasteiger partial charge in [0.05, 0.1) is 11.6 Å². The largest absolute Gasteiger partial charge is 0.341 e. The molecular weight excluding hydrogens is 364 g/mol. The minimum Gasteiger partial charge on any atom is -0.341 e. The second-order valence-corrected chi connectivity index (χ2v) is 6.56. The number of carbonyl (C=O) groups excluding carboxylic acids is 2. The van der Waals surface area contributed by atoms with E-state index in [9.17, 15) is 9.59 Å². The number of likely N-dealkylation sites (N-methyl/N-ethyl adjacent to an activating group) is 1. The average Bonchev–Trinajstić information content (AvgIpc) is 2.78.